The molecule has 1 aromatic rings. The van der Waals surface area contributed by atoms with Crippen molar-refractivity contribution in [3.05, 3.63) is 35.4 Å². The van der Waals surface area contributed by atoms with Gasteiger partial charge in [-0.1, -0.05) is 0 Å². The smallest absolute Gasteiger partial charge is 0.137 e. The molecular weight excluding hydrogens is 238 g/mol. The molecule has 0 unspecified atom stereocenters. The lowest BCUT2D eigenvalue weighted by Crippen LogP contribution is -2.19. The second-order valence-corrected chi connectivity index (χ2v) is 4.75. The quantitative estimate of drug-likeness (QED) is 0.825. The molecule has 0 aromatic heterocycles. The molecule has 2 rings (SSSR count). The van der Waals surface area contributed by atoms with Gasteiger partial charge in [0.2, 0.25) is 0 Å². The molecule has 1 aliphatic rings. The molecule has 4 heteroatoms. The lowest BCUT2D eigenvalue weighted by molar-refractivity contribution is -0.120. The number of rotatable bonds is 4. The van der Waals surface area contributed by atoms with Crippen LogP contribution in [0.5, 0.6) is 0 Å². The molecule has 0 saturated carbocycles. The van der Waals surface area contributed by atoms with Crippen molar-refractivity contribution in [2.75, 3.05) is 13.2 Å². The van der Waals surface area contributed by atoms with Gasteiger partial charge in [0.15, 0.2) is 0 Å². The normalized spacial score (nSPS) is 16.8. The predicted octanol–water partition coefficient (Wildman–Crippen LogP) is 2.89. The van der Waals surface area contributed by atoms with E-state index >= 15 is 0 Å². The van der Waals surface area contributed by atoms with Crippen molar-refractivity contribution in [1.82, 2.24) is 0 Å². The first-order chi connectivity index (χ1) is 8.63. The SMILES string of the molecule is O=C(Cc1cc(F)cc(F)c1)CC1CCOCC1. The van der Waals surface area contributed by atoms with E-state index in [1.54, 1.807) is 0 Å². The third-order valence-corrected chi connectivity index (χ3v) is 3.18. The van der Waals surface area contributed by atoms with E-state index < -0.39 is 11.6 Å². The van der Waals surface area contributed by atoms with E-state index in [0.29, 0.717) is 31.1 Å². The van der Waals surface area contributed by atoms with E-state index in [4.69, 9.17) is 4.74 Å². The van der Waals surface area contributed by atoms with E-state index in [1.165, 1.54) is 12.1 Å². The fourth-order valence-corrected chi connectivity index (χ4v) is 2.29. The maximum absolute atomic E-state index is 13.0. The Bertz CT molecular complexity index is 406. The Morgan fingerprint density at radius 1 is 1.17 bits per heavy atom. The number of ether oxygens (including phenoxy) is 1. The molecule has 0 bridgehead atoms. The molecule has 1 aliphatic heterocycles. The number of halogens is 2. The van der Waals surface area contributed by atoms with E-state index in [0.717, 1.165) is 18.9 Å². The molecule has 0 atom stereocenters. The zero-order valence-corrected chi connectivity index (χ0v) is 10.1. The second-order valence-electron chi connectivity index (χ2n) is 4.75. The maximum atomic E-state index is 13.0. The van der Waals surface area contributed by atoms with Crippen LogP contribution in [0.1, 0.15) is 24.8 Å². The van der Waals surface area contributed by atoms with Gasteiger partial charge in [0, 0.05) is 32.1 Å². The first-order valence-corrected chi connectivity index (χ1v) is 6.18. The Balaban J connectivity index is 1.89. The van der Waals surface area contributed by atoms with Crippen LogP contribution in [0.25, 0.3) is 0 Å². The van der Waals surface area contributed by atoms with E-state index in [1.807, 2.05) is 0 Å². The van der Waals surface area contributed by atoms with Crippen LogP contribution in [-0.4, -0.2) is 19.0 Å². The van der Waals surface area contributed by atoms with Crippen LogP contribution in [0, 0.1) is 17.6 Å². The van der Waals surface area contributed by atoms with Crippen molar-refractivity contribution < 1.29 is 18.3 Å². The lowest BCUT2D eigenvalue weighted by atomic mass is 9.92. The van der Waals surface area contributed by atoms with Crippen molar-refractivity contribution in [2.45, 2.75) is 25.7 Å². The summed E-state index contributed by atoms with van der Waals surface area (Å²) in [4.78, 5) is 11.8. The summed E-state index contributed by atoms with van der Waals surface area (Å²) in [5, 5.41) is 0. The van der Waals surface area contributed by atoms with Gasteiger partial charge in [0.05, 0.1) is 0 Å². The Hall–Kier alpha value is -1.29. The molecule has 98 valence electrons. The number of Topliss-reactive ketones (excluding diaryl/α,β-unsaturated/α-hetero) is 1. The van der Waals surface area contributed by atoms with Gasteiger partial charge in [-0.05, 0) is 36.5 Å². The predicted molar refractivity (Wildman–Crippen MR) is 63.2 cm³/mol. The highest BCUT2D eigenvalue weighted by molar-refractivity contribution is 5.81. The first-order valence-electron chi connectivity index (χ1n) is 6.18. The molecule has 18 heavy (non-hydrogen) atoms. The van der Waals surface area contributed by atoms with Crippen LogP contribution in [0.3, 0.4) is 0 Å². The van der Waals surface area contributed by atoms with Crippen molar-refractivity contribution in [2.24, 2.45) is 5.92 Å². The highest BCUT2D eigenvalue weighted by Gasteiger charge is 2.17. The summed E-state index contributed by atoms with van der Waals surface area (Å²) < 4.78 is 31.2. The Morgan fingerprint density at radius 2 is 1.78 bits per heavy atom. The van der Waals surface area contributed by atoms with Gasteiger partial charge in [0.25, 0.3) is 0 Å². The minimum atomic E-state index is -0.635. The number of carbonyl (C=O) groups excluding carboxylic acids is 1. The Morgan fingerprint density at radius 3 is 2.39 bits per heavy atom. The van der Waals surface area contributed by atoms with Crippen LogP contribution in [0.15, 0.2) is 18.2 Å². The van der Waals surface area contributed by atoms with Gasteiger partial charge in [-0.2, -0.15) is 0 Å². The van der Waals surface area contributed by atoms with E-state index in [9.17, 15) is 13.6 Å². The molecule has 1 saturated heterocycles. The molecule has 1 fully saturated rings. The van der Waals surface area contributed by atoms with Gasteiger partial charge in [-0.3, -0.25) is 4.79 Å². The molecule has 2 nitrogen and oxygen atoms in total. The number of benzene rings is 1. The number of hydrogen-bond donors (Lipinski definition) is 0. The molecule has 0 spiro atoms. The zero-order valence-electron chi connectivity index (χ0n) is 10.1. The molecule has 1 heterocycles. The van der Waals surface area contributed by atoms with Crippen LogP contribution >= 0.6 is 0 Å². The third kappa shape index (κ3) is 3.88. The Kier molecular flexibility index (Phi) is 4.42. The molecule has 0 radical (unpaired) electrons. The average Bonchev–Trinajstić information content (AvgIpc) is 2.28. The standard InChI is InChI=1S/C14H16F2O2/c15-12-5-11(6-13(16)9-12)8-14(17)7-10-1-3-18-4-2-10/h5-6,9-10H,1-4,7-8H2. The van der Waals surface area contributed by atoms with Gasteiger partial charge >= 0.3 is 0 Å². The van der Waals surface area contributed by atoms with E-state index in [-0.39, 0.29) is 12.2 Å². The topological polar surface area (TPSA) is 26.3 Å². The van der Waals surface area contributed by atoms with Crippen LogP contribution in [0.4, 0.5) is 8.78 Å². The molecular formula is C14H16F2O2. The lowest BCUT2D eigenvalue weighted by Gasteiger charge is -2.21. The average molecular weight is 254 g/mol. The van der Waals surface area contributed by atoms with Gasteiger partial charge in [-0.25, -0.2) is 8.78 Å². The highest BCUT2D eigenvalue weighted by atomic mass is 19.1. The minimum absolute atomic E-state index is 0.0342. The summed E-state index contributed by atoms with van der Waals surface area (Å²) in [7, 11) is 0. The van der Waals surface area contributed by atoms with Crippen molar-refractivity contribution in [3.8, 4) is 0 Å². The van der Waals surface area contributed by atoms with Gasteiger partial charge in [-0.15, -0.1) is 0 Å². The van der Waals surface area contributed by atoms with E-state index in [2.05, 4.69) is 0 Å². The second kappa shape index (κ2) is 6.05. The van der Waals surface area contributed by atoms with Crippen LogP contribution < -0.4 is 0 Å². The zero-order chi connectivity index (χ0) is 13.0. The molecule has 0 N–H and O–H groups in total. The van der Waals surface area contributed by atoms with Crippen LogP contribution in [0.2, 0.25) is 0 Å². The fraction of sp³-hybridized carbons (Fsp3) is 0.500. The van der Waals surface area contributed by atoms with Crippen molar-refractivity contribution in [3.63, 3.8) is 0 Å². The summed E-state index contributed by atoms with van der Waals surface area (Å²) in [6, 6.07) is 3.24. The molecule has 0 aliphatic carbocycles. The van der Waals surface area contributed by atoms with Gasteiger partial charge < -0.3 is 4.74 Å². The summed E-state index contributed by atoms with van der Waals surface area (Å²) in [5.74, 6) is -0.885. The number of ketones is 1. The largest absolute Gasteiger partial charge is 0.381 e. The van der Waals surface area contributed by atoms with Crippen molar-refractivity contribution >= 4 is 5.78 Å². The fourth-order valence-electron chi connectivity index (χ4n) is 2.29. The number of carbonyl (C=O) groups is 1. The monoisotopic (exact) mass is 254 g/mol. The van der Waals surface area contributed by atoms with Gasteiger partial charge in [0.1, 0.15) is 17.4 Å². The first kappa shape index (κ1) is 13.1. The summed E-state index contributed by atoms with van der Waals surface area (Å²) in [6.45, 7) is 1.40. The highest BCUT2D eigenvalue weighted by Crippen LogP contribution is 2.20. The summed E-state index contributed by atoms with van der Waals surface area (Å²) >= 11 is 0. The third-order valence-electron chi connectivity index (χ3n) is 3.18. The Labute approximate surface area is 105 Å². The van der Waals surface area contributed by atoms with Crippen molar-refractivity contribution in [1.29, 1.82) is 0 Å². The summed E-state index contributed by atoms with van der Waals surface area (Å²) in [5.41, 5.74) is 0.407. The molecule has 0 amide bonds. The summed E-state index contributed by atoms with van der Waals surface area (Å²) in [6.07, 6.45) is 2.36. The minimum Gasteiger partial charge on any atom is -0.381 e. The molecule has 1 aromatic carbocycles. The maximum Gasteiger partial charge on any atom is 0.137 e. The number of hydrogen-bond acceptors (Lipinski definition) is 2. The van der Waals surface area contributed by atoms with Crippen LogP contribution in [-0.2, 0) is 16.0 Å².